The Labute approximate surface area is 95.2 Å². The van der Waals surface area contributed by atoms with Gasteiger partial charge in [-0.3, -0.25) is 4.79 Å². The van der Waals surface area contributed by atoms with Crippen molar-refractivity contribution in [2.75, 3.05) is 13.7 Å². The van der Waals surface area contributed by atoms with Crippen LogP contribution in [-0.2, 0) is 14.3 Å². The van der Waals surface area contributed by atoms with Gasteiger partial charge in [-0.1, -0.05) is 6.92 Å². The van der Waals surface area contributed by atoms with Crippen molar-refractivity contribution in [3.63, 3.8) is 0 Å². The number of rotatable bonds is 6. The molecule has 5 nitrogen and oxygen atoms in total. The fourth-order valence-electron chi connectivity index (χ4n) is 1.90. The molecule has 1 rings (SSSR count). The third-order valence-corrected chi connectivity index (χ3v) is 2.98. The van der Waals surface area contributed by atoms with Gasteiger partial charge in [0.05, 0.1) is 0 Å². The summed E-state index contributed by atoms with van der Waals surface area (Å²) in [5, 5.41) is 11.7. The zero-order valence-corrected chi connectivity index (χ0v) is 9.78. The van der Waals surface area contributed by atoms with Crippen molar-refractivity contribution in [1.82, 2.24) is 5.32 Å². The van der Waals surface area contributed by atoms with Crippen LogP contribution in [0.3, 0.4) is 0 Å². The first kappa shape index (κ1) is 13.0. The number of methoxy groups -OCH3 is 1. The van der Waals surface area contributed by atoms with E-state index in [4.69, 9.17) is 9.84 Å². The normalized spacial score (nSPS) is 19.6. The molecule has 2 N–H and O–H groups in total. The number of amides is 1. The zero-order valence-electron chi connectivity index (χ0n) is 9.78. The molecule has 1 unspecified atom stereocenters. The van der Waals surface area contributed by atoms with E-state index in [1.54, 1.807) is 7.11 Å². The first-order chi connectivity index (χ1) is 7.50. The Balaban J connectivity index is 2.41. The standard InChI is InChI=1S/C11H19NO4/c1-8(7-16-2)6-9(13)12-11(10(14)15)4-3-5-11/h8H,3-7H2,1-2H3,(H,12,13)(H,14,15). The van der Waals surface area contributed by atoms with Crippen LogP contribution >= 0.6 is 0 Å². The van der Waals surface area contributed by atoms with Crippen LogP contribution in [0, 0.1) is 5.92 Å². The van der Waals surface area contributed by atoms with Crippen molar-refractivity contribution < 1.29 is 19.4 Å². The van der Waals surface area contributed by atoms with E-state index in [1.807, 2.05) is 6.92 Å². The Morgan fingerprint density at radius 1 is 1.50 bits per heavy atom. The topological polar surface area (TPSA) is 75.6 Å². The average molecular weight is 229 g/mol. The fraction of sp³-hybridized carbons (Fsp3) is 0.818. The maximum absolute atomic E-state index is 11.6. The van der Waals surface area contributed by atoms with Crippen LogP contribution in [0.25, 0.3) is 0 Å². The predicted octanol–water partition coefficient (Wildman–Crippen LogP) is 0.782. The molecule has 1 fully saturated rings. The first-order valence-electron chi connectivity index (χ1n) is 5.53. The van der Waals surface area contributed by atoms with E-state index in [9.17, 15) is 9.59 Å². The number of ether oxygens (including phenoxy) is 1. The smallest absolute Gasteiger partial charge is 0.329 e. The van der Waals surface area contributed by atoms with E-state index < -0.39 is 11.5 Å². The number of nitrogens with one attached hydrogen (secondary N) is 1. The summed E-state index contributed by atoms with van der Waals surface area (Å²) >= 11 is 0. The van der Waals surface area contributed by atoms with Crippen LogP contribution in [-0.4, -0.2) is 36.2 Å². The molecule has 0 aromatic carbocycles. The van der Waals surface area contributed by atoms with Crippen molar-refractivity contribution in [3.05, 3.63) is 0 Å². The van der Waals surface area contributed by atoms with Gasteiger partial charge in [-0.2, -0.15) is 0 Å². The monoisotopic (exact) mass is 229 g/mol. The highest BCUT2D eigenvalue weighted by molar-refractivity contribution is 5.87. The second-order valence-electron chi connectivity index (χ2n) is 4.55. The third kappa shape index (κ3) is 2.95. The lowest BCUT2D eigenvalue weighted by molar-refractivity contribution is -0.152. The largest absolute Gasteiger partial charge is 0.480 e. The number of carbonyl (C=O) groups excluding carboxylic acids is 1. The highest BCUT2D eigenvalue weighted by Crippen LogP contribution is 2.32. The Morgan fingerprint density at radius 3 is 2.50 bits per heavy atom. The first-order valence-corrected chi connectivity index (χ1v) is 5.53. The molecule has 92 valence electrons. The molecule has 0 radical (unpaired) electrons. The van der Waals surface area contributed by atoms with Crippen molar-refractivity contribution in [3.8, 4) is 0 Å². The Hall–Kier alpha value is -1.10. The SMILES string of the molecule is COCC(C)CC(=O)NC1(C(=O)O)CCC1. The number of carboxylic acids is 1. The Kier molecular flexibility index (Phi) is 4.29. The zero-order chi connectivity index (χ0) is 12.2. The van der Waals surface area contributed by atoms with Gasteiger partial charge in [-0.15, -0.1) is 0 Å². The summed E-state index contributed by atoms with van der Waals surface area (Å²) in [6.45, 7) is 2.41. The summed E-state index contributed by atoms with van der Waals surface area (Å²) in [6.07, 6.45) is 2.24. The summed E-state index contributed by atoms with van der Waals surface area (Å²) in [4.78, 5) is 22.6. The molecule has 0 aromatic rings. The van der Waals surface area contributed by atoms with E-state index in [1.165, 1.54) is 0 Å². The van der Waals surface area contributed by atoms with Gasteiger partial charge in [0, 0.05) is 20.1 Å². The van der Waals surface area contributed by atoms with Crippen LogP contribution in [0.1, 0.15) is 32.6 Å². The van der Waals surface area contributed by atoms with E-state index in [2.05, 4.69) is 5.32 Å². The average Bonchev–Trinajstić information content (AvgIpc) is 2.10. The lowest BCUT2D eigenvalue weighted by atomic mass is 9.76. The summed E-state index contributed by atoms with van der Waals surface area (Å²) in [5.74, 6) is -1.02. The number of hydrogen-bond donors (Lipinski definition) is 2. The molecular weight excluding hydrogens is 210 g/mol. The van der Waals surface area contributed by atoms with Crippen LogP contribution in [0.4, 0.5) is 0 Å². The van der Waals surface area contributed by atoms with Crippen LogP contribution in [0.5, 0.6) is 0 Å². The van der Waals surface area contributed by atoms with E-state index in [0.717, 1.165) is 6.42 Å². The van der Waals surface area contributed by atoms with E-state index in [0.29, 0.717) is 25.9 Å². The minimum absolute atomic E-state index is 0.107. The van der Waals surface area contributed by atoms with Gasteiger partial charge in [0.25, 0.3) is 0 Å². The maximum atomic E-state index is 11.6. The Morgan fingerprint density at radius 2 is 2.12 bits per heavy atom. The molecule has 0 spiro atoms. The molecule has 1 aliphatic carbocycles. The molecule has 1 saturated carbocycles. The van der Waals surface area contributed by atoms with Gasteiger partial charge in [-0.05, 0) is 25.2 Å². The van der Waals surface area contributed by atoms with Crippen molar-refractivity contribution in [1.29, 1.82) is 0 Å². The number of hydrogen-bond acceptors (Lipinski definition) is 3. The lowest BCUT2D eigenvalue weighted by Gasteiger charge is -2.38. The number of carboxylic acid groups (broad SMARTS) is 1. The number of aliphatic carboxylic acids is 1. The van der Waals surface area contributed by atoms with Crippen molar-refractivity contribution >= 4 is 11.9 Å². The fourth-order valence-corrected chi connectivity index (χ4v) is 1.90. The summed E-state index contributed by atoms with van der Waals surface area (Å²) in [7, 11) is 1.58. The van der Waals surface area contributed by atoms with Crippen molar-refractivity contribution in [2.45, 2.75) is 38.1 Å². The van der Waals surface area contributed by atoms with Gasteiger partial charge in [0.15, 0.2) is 0 Å². The van der Waals surface area contributed by atoms with Crippen LogP contribution in [0.15, 0.2) is 0 Å². The van der Waals surface area contributed by atoms with E-state index in [-0.39, 0.29) is 11.8 Å². The number of carbonyl (C=O) groups is 2. The van der Waals surface area contributed by atoms with E-state index >= 15 is 0 Å². The van der Waals surface area contributed by atoms with Crippen molar-refractivity contribution in [2.24, 2.45) is 5.92 Å². The summed E-state index contributed by atoms with van der Waals surface area (Å²) in [5.41, 5.74) is -0.996. The predicted molar refractivity (Wildman–Crippen MR) is 58.0 cm³/mol. The lowest BCUT2D eigenvalue weighted by Crippen LogP contribution is -2.59. The molecule has 1 aliphatic rings. The van der Waals surface area contributed by atoms with Crippen LogP contribution < -0.4 is 5.32 Å². The Bertz CT molecular complexity index is 273. The quantitative estimate of drug-likeness (QED) is 0.705. The van der Waals surface area contributed by atoms with Gasteiger partial charge in [0.1, 0.15) is 5.54 Å². The van der Waals surface area contributed by atoms with Gasteiger partial charge in [-0.25, -0.2) is 4.79 Å². The molecule has 1 amide bonds. The minimum atomic E-state index is -0.996. The second kappa shape index (κ2) is 5.30. The molecule has 0 aromatic heterocycles. The highest BCUT2D eigenvalue weighted by atomic mass is 16.5. The molecule has 1 atom stereocenters. The molecule has 0 bridgehead atoms. The minimum Gasteiger partial charge on any atom is -0.480 e. The molecule has 5 heteroatoms. The third-order valence-electron chi connectivity index (χ3n) is 2.98. The van der Waals surface area contributed by atoms with Crippen LogP contribution in [0.2, 0.25) is 0 Å². The summed E-state index contributed by atoms with van der Waals surface area (Å²) in [6, 6.07) is 0. The second-order valence-corrected chi connectivity index (χ2v) is 4.55. The van der Waals surface area contributed by atoms with Gasteiger partial charge >= 0.3 is 5.97 Å². The van der Waals surface area contributed by atoms with Gasteiger partial charge in [0.2, 0.25) is 5.91 Å². The van der Waals surface area contributed by atoms with Gasteiger partial charge < -0.3 is 15.2 Å². The highest BCUT2D eigenvalue weighted by Gasteiger charge is 2.45. The maximum Gasteiger partial charge on any atom is 0.329 e. The molecule has 16 heavy (non-hydrogen) atoms. The molecule has 0 heterocycles. The molecule has 0 aliphatic heterocycles. The molecular formula is C11H19NO4. The summed E-state index contributed by atoms with van der Waals surface area (Å²) < 4.78 is 4.93. The molecule has 0 saturated heterocycles.